The number of hydrogen-bond donors (Lipinski definition) is 1. The summed E-state index contributed by atoms with van der Waals surface area (Å²) in [7, 11) is 1.21. The topological polar surface area (TPSA) is 72.8 Å². The number of hydrogen-bond acceptors (Lipinski definition) is 5. The quantitative estimate of drug-likeness (QED) is 0.382. The summed E-state index contributed by atoms with van der Waals surface area (Å²) < 4.78 is 9.05. The third kappa shape index (κ3) is 4.61. The Morgan fingerprint density at radius 1 is 1.36 bits per heavy atom. The molecule has 0 aliphatic carbocycles. The third-order valence-corrected chi connectivity index (χ3v) is 1.50. The van der Waals surface area contributed by atoms with E-state index in [9.17, 15) is 9.59 Å². The molecule has 1 atom stereocenters. The van der Waals surface area contributed by atoms with Crippen LogP contribution in [0.3, 0.4) is 0 Å². The summed E-state index contributed by atoms with van der Waals surface area (Å²) >= 11 is 0. The van der Waals surface area contributed by atoms with Crippen LogP contribution < -0.4 is 0 Å². The van der Waals surface area contributed by atoms with E-state index in [1.54, 1.807) is 0 Å². The monoisotopic (exact) mass is 202 g/mol. The minimum atomic E-state index is -0.914. The highest BCUT2D eigenvalue weighted by Crippen LogP contribution is 2.00. The summed E-state index contributed by atoms with van der Waals surface area (Å²) in [5, 5.41) is 8.37. The molecule has 1 unspecified atom stereocenters. The van der Waals surface area contributed by atoms with E-state index in [-0.39, 0.29) is 13.2 Å². The van der Waals surface area contributed by atoms with Crippen molar-refractivity contribution < 1.29 is 24.2 Å². The van der Waals surface area contributed by atoms with Gasteiger partial charge in [0.2, 0.25) is 0 Å². The maximum absolute atomic E-state index is 11.1. The predicted octanol–water partition coefficient (Wildman–Crippen LogP) is -0.113. The highest BCUT2D eigenvalue weighted by Gasteiger charge is 2.22. The number of ether oxygens (including phenoxy) is 2. The van der Waals surface area contributed by atoms with E-state index in [0.717, 1.165) is 0 Å². The molecule has 0 aromatic carbocycles. The molecule has 5 nitrogen and oxygen atoms in total. The molecular formula is C9H14O5. The lowest BCUT2D eigenvalue weighted by molar-refractivity contribution is -0.158. The van der Waals surface area contributed by atoms with Gasteiger partial charge in [0.25, 0.3) is 0 Å². The maximum atomic E-state index is 11.1. The normalized spacial score (nSPS) is 12.5. The largest absolute Gasteiger partial charge is 0.468 e. The minimum absolute atomic E-state index is 0.0424. The lowest BCUT2D eigenvalue weighted by atomic mass is 10.2. The molecule has 80 valence electrons. The Morgan fingerprint density at radius 3 is 2.50 bits per heavy atom. The highest BCUT2D eigenvalue weighted by molar-refractivity contribution is 5.94. The van der Waals surface area contributed by atoms with Gasteiger partial charge in [0.05, 0.1) is 13.7 Å². The molecule has 0 saturated carbocycles. The van der Waals surface area contributed by atoms with Crippen molar-refractivity contribution in [1.29, 1.82) is 0 Å². The molecule has 0 fully saturated rings. The molecule has 0 spiro atoms. The summed E-state index contributed by atoms with van der Waals surface area (Å²) in [6, 6.07) is 0. The van der Waals surface area contributed by atoms with Gasteiger partial charge >= 0.3 is 11.9 Å². The Balaban J connectivity index is 3.84. The van der Waals surface area contributed by atoms with Gasteiger partial charge in [-0.05, 0) is 13.0 Å². The van der Waals surface area contributed by atoms with Crippen molar-refractivity contribution in [3.8, 4) is 0 Å². The van der Waals surface area contributed by atoms with Gasteiger partial charge in [-0.2, -0.15) is 0 Å². The van der Waals surface area contributed by atoms with E-state index in [1.165, 1.54) is 26.2 Å². The highest BCUT2D eigenvalue weighted by atomic mass is 16.5. The number of rotatable bonds is 5. The number of aliphatic hydroxyl groups is 1. The van der Waals surface area contributed by atoms with E-state index in [1.807, 2.05) is 0 Å². The molecule has 1 N–H and O–H groups in total. The van der Waals surface area contributed by atoms with Crippen LogP contribution in [0.15, 0.2) is 12.2 Å². The van der Waals surface area contributed by atoms with Crippen LogP contribution in [0, 0.1) is 5.92 Å². The van der Waals surface area contributed by atoms with Gasteiger partial charge in [-0.15, -0.1) is 0 Å². The van der Waals surface area contributed by atoms with Crippen LogP contribution in [0.4, 0.5) is 0 Å². The zero-order chi connectivity index (χ0) is 11.0. The number of methoxy groups -OCH3 is 1. The van der Waals surface area contributed by atoms with Crippen LogP contribution >= 0.6 is 0 Å². The van der Waals surface area contributed by atoms with Crippen molar-refractivity contribution in [2.24, 2.45) is 5.92 Å². The molecule has 0 bridgehead atoms. The van der Waals surface area contributed by atoms with Crippen molar-refractivity contribution in [2.75, 3.05) is 20.3 Å². The van der Waals surface area contributed by atoms with Crippen LogP contribution in [0.2, 0.25) is 0 Å². The zero-order valence-corrected chi connectivity index (χ0v) is 8.23. The Morgan fingerprint density at radius 2 is 2.00 bits per heavy atom. The third-order valence-electron chi connectivity index (χ3n) is 1.50. The second-order valence-electron chi connectivity index (χ2n) is 2.53. The molecule has 0 heterocycles. The van der Waals surface area contributed by atoms with Gasteiger partial charge in [-0.3, -0.25) is 9.59 Å². The SMILES string of the molecule is COC(=O)C(C)C(=O)OC/C=C/CO. The smallest absolute Gasteiger partial charge is 0.320 e. The molecule has 5 heteroatoms. The molecule has 0 amide bonds. The van der Waals surface area contributed by atoms with E-state index in [4.69, 9.17) is 9.84 Å². The van der Waals surface area contributed by atoms with Gasteiger partial charge in [-0.1, -0.05) is 6.08 Å². The van der Waals surface area contributed by atoms with Crippen LogP contribution in [-0.4, -0.2) is 37.4 Å². The Bertz CT molecular complexity index is 221. The Kier molecular flexibility index (Phi) is 6.39. The average molecular weight is 202 g/mol. The molecule has 0 saturated heterocycles. The number of carbonyl (C=O) groups is 2. The molecule has 0 rings (SSSR count). The van der Waals surface area contributed by atoms with Crippen LogP contribution in [0.25, 0.3) is 0 Å². The fraction of sp³-hybridized carbons (Fsp3) is 0.556. The fourth-order valence-corrected chi connectivity index (χ4v) is 0.671. The molecule has 0 aliphatic rings. The Labute approximate surface area is 82.3 Å². The van der Waals surface area contributed by atoms with E-state index in [0.29, 0.717) is 0 Å². The van der Waals surface area contributed by atoms with E-state index in [2.05, 4.69) is 4.74 Å². The second-order valence-corrected chi connectivity index (χ2v) is 2.53. The summed E-state index contributed by atoms with van der Waals surface area (Å²) in [6.45, 7) is 1.34. The standard InChI is InChI=1S/C9H14O5/c1-7(8(11)13-2)9(12)14-6-4-3-5-10/h3-4,7,10H,5-6H2,1-2H3/b4-3+. The summed E-state index contributed by atoms with van der Waals surface area (Å²) in [4.78, 5) is 21.9. The second kappa shape index (κ2) is 7.08. The zero-order valence-electron chi connectivity index (χ0n) is 8.23. The molecule has 0 aromatic rings. The first kappa shape index (κ1) is 12.6. The molecule has 0 radical (unpaired) electrons. The van der Waals surface area contributed by atoms with Gasteiger partial charge in [0.1, 0.15) is 6.61 Å². The molecule has 14 heavy (non-hydrogen) atoms. The van der Waals surface area contributed by atoms with Gasteiger partial charge in [0.15, 0.2) is 5.92 Å². The molecule has 0 aliphatic heterocycles. The van der Waals surface area contributed by atoms with Crippen LogP contribution in [-0.2, 0) is 19.1 Å². The average Bonchev–Trinajstić information content (AvgIpc) is 2.21. The van der Waals surface area contributed by atoms with Crippen molar-refractivity contribution in [1.82, 2.24) is 0 Å². The van der Waals surface area contributed by atoms with Crippen LogP contribution in [0.5, 0.6) is 0 Å². The lowest BCUT2D eigenvalue weighted by Gasteiger charge is -2.07. The van der Waals surface area contributed by atoms with Gasteiger partial charge in [-0.25, -0.2) is 0 Å². The fourth-order valence-electron chi connectivity index (χ4n) is 0.671. The number of esters is 2. The van der Waals surface area contributed by atoms with Crippen molar-refractivity contribution in [2.45, 2.75) is 6.92 Å². The maximum Gasteiger partial charge on any atom is 0.320 e. The van der Waals surface area contributed by atoms with Crippen molar-refractivity contribution in [3.05, 3.63) is 12.2 Å². The van der Waals surface area contributed by atoms with E-state index < -0.39 is 17.9 Å². The van der Waals surface area contributed by atoms with E-state index >= 15 is 0 Å². The number of carbonyl (C=O) groups excluding carboxylic acids is 2. The Hall–Kier alpha value is -1.36. The van der Waals surface area contributed by atoms with Gasteiger partial charge < -0.3 is 14.6 Å². The predicted molar refractivity (Wildman–Crippen MR) is 48.4 cm³/mol. The van der Waals surface area contributed by atoms with Crippen LogP contribution in [0.1, 0.15) is 6.92 Å². The first-order valence-corrected chi connectivity index (χ1v) is 4.13. The minimum Gasteiger partial charge on any atom is -0.468 e. The lowest BCUT2D eigenvalue weighted by Crippen LogP contribution is -2.24. The van der Waals surface area contributed by atoms with Gasteiger partial charge in [0, 0.05) is 0 Å². The summed E-state index contributed by atoms with van der Waals surface area (Å²) in [6.07, 6.45) is 2.93. The van der Waals surface area contributed by atoms with Crippen molar-refractivity contribution in [3.63, 3.8) is 0 Å². The summed E-state index contributed by atoms with van der Waals surface area (Å²) in [5.74, 6) is -2.18. The first-order chi connectivity index (χ1) is 6.63. The molecule has 0 aromatic heterocycles. The first-order valence-electron chi connectivity index (χ1n) is 4.13. The van der Waals surface area contributed by atoms with Crippen molar-refractivity contribution >= 4 is 11.9 Å². The number of aliphatic hydroxyl groups excluding tert-OH is 1. The molecular weight excluding hydrogens is 188 g/mol. The summed E-state index contributed by atoms with van der Waals surface area (Å²) in [5.41, 5.74) is 0.